The van der Waals surface area contributed by atoms with Crippen LogP contribution < -0.4 is 11.3 Å². The number of tetrazole rings is 1. The van der Waals surface area contributed by atoms with Crippen molar-refractivity contribution in [1.82, 2.24) is 25.6 Å². The van der Waals surface area contributed by atoms with E-state index in [1.165, 1.54) is 4.80 Å². The van der Waals surface area contributed by atoms with Crippen LogP contribution in [0.4, 0.5) is 0 Å². The molecule has 16 heavy (non-hydrogen) atoms. The molecular formula is C9H20N6O. The van der Waals surface area contributed by atoms with Crippen molar-refractivity contribution in [1.29, 1.82) is 0 Å². The molecule has 0 aliphatic heterocycles. The van der Waals surface area contributed by atoms with Gasteiger partial charge in [0.25, 0.3) is 0 Å². The molecule has 7 heteroatoms. The molecule has 0 radical (unpaired) electrons. The van der Waals surface area contributed by atoms with Crippen LogP contribution in [0.15, 0.2) is 0 Å². The fraction of sp³-hybridized carbons (Fsp3) is 0.889. The van der Waals surface area contributed by atoms with Gasteiger partial charge in [0.15, 0.2) is 5.82 Å². The van der Waals surface area contributed by atoms with Crippen molar-refractivity contribution in [3.05, 3.63) is 5.82 Å². The van der Waals surface area contributed by atoms with Gasteiger partial charge in [-0.15, -0.1) is 10.2 Å². The van der Waals surface area contributed by atoms with Crippen molar-refractivity contribution >= 4 is 0 Å². The van der Waals surface area contributed by atoms with Gasteiger partial charge >= 0.3 is 0 Å². The maximum Gasteiger partial charge on any atom is 0.176 e. The van der Waals surface area contributed by atoms with E-state index in [1.54, 1.807) is 14.2 Å². The maximum atomic E-state index is 5.53. The minimum atomic E-state index is -0.0193. The molecule has 0 spiro atoms. The highest BCUT2D eigenvalue weighted by atomic mass is 16.5. The number of nitrogens with zero attached hydrogens (tertiary/aromatic N) is 4. The number of hydrogen-bond acceptors (Lipinski definition) is 6. The summed E-state index contributed by atoms with van der Waals surface area (Å²) < 4.78 is 5.42. The molecule has 0 aliphatic carbocycles. The molecule has 7 nitrogen and oxygen atoms in total. The van der Waals surface area contributed by atoms with E-state index in [4.69, 9.17) is 10.6 Å². The monoisotopic (exact) mass is 228 g/mol. The first-order valence-corrected chi connectivity index (χ1v) is 5.30. The summed E-state index contributed by atoms with van der Waals surface area (Å²) in [7, 11) is 3.41. The molecule has 2 unspecified atom stereocenters. The van der Waals surface area contributed by atoms with Gasteiger partial charge in [-0.25, -0.2) is 0 Å². The summed E-state index contributed by atoms with van der Waals surface area (Å²) in [6, 6.07) is -0.0193. The largest absolute Gasteiger partial charge is 0.379 e. The van der Waals surface area contributed by atoms with Crippen molar-refractivity contribution in [2.24, 2.45) is 18.8 Å². The van der Waals surface area contributed by atoms with Gasteiger partial charge < -0.3 is 4.74 Å². The van der Waals surface area contributed by atoms with E-state index in [2.05, 4.69) is 34.7 Å². The third kappa shape index (κ3) is 3.22. The van der Waals surface area contributed by atoms with E-state index >= 15 is 0 Å². The molecule has 0 saturated carbocycles. The summed E-state index contributed by atoms with van der Waals surface area (Å²) >= 11 is 0. The van der Waals surface area contributed by atoms with Crippen molar-refractivity contribution in [2.75, 3.05) is 7.11 Å². The van der Waals surface area contributed by atoms with Crippen LogP contribution in [0.25, 0.3) is 0 Å². The highest BCUT2D eigenvalue weighted by molar-refractivity contribution is 4.89. The fourth-order valence-corrected chi connectivity index (χ4v) is 1.77. The van der Waals surface area contributed by atoms with Crippen LogP contribution >= 0.6 is 0 Å². The SMILES string of the molecule is COC(C(C)C)C(Cc1nnn(C)n1)NN. The Hall–Kier alpha value is -1.05. The molecule has 1 aromatic heterocycles. The lowest BCUT2D eigenvalue weighted by Crippen LogP contribution is -2.48. The number of aryl methyl sites for hydroxylation is 1. The molecule has 1 aromatic rings. The van der Waals surface area contributed by atoms with Crippen molar-refractivity contribution < 1.29 is 4.74 Å². The molecule has 0 saturated heterocycles. The summed E-state index contributed by atoms with van der Waals surface area (Å²) in [6.45, 7) is 4.17. The predicted molar refractivity (Wildman–Crippen MR) is 59.2 cm³/mol. The number of hydrazine groups is 1. The van der Waals surface area contributed by atoms with Crippen LogP contribution in [0.2, 0.25) is 0 Å². The molecule has 0 aromatic carbocycles. The second-order valence-corrected chi connectivity index (χ2v) is 4.12. The number of nitrogens with one attached hydrogen (secondary N) is 1. The van der Waals surface area contributed by atoms with Crippen LogP contribution in [-0.4, -0.2) is 39.5 Å². The van der Waals surface area contributed by atoms with Gasteiger partial charge in [-0.3, -0.25) is 11.3 Å². The minimum Gasteiger partial charge on any atom is -0.379 e. The molecule has 0 amide bonds. The van der Waals surface area contributed by atoms with Crippen LogP contribution in [0.3, 0.4) is 0 Å². The van der Waals surface area contributed by atoms with E-state index in [0.29, 0.717) is 18.2 Å². The predicted octanol–water partition coefficient (Wildman–Crippen LogP) is -0.744. The number of rotatable bonds is 6. The smallest absolute Gasteiger partial charge is 0.176 e. The second-order valence-electron chi connectivity index (χ2n) is 4.12. The molecule has 2 atom stereocenters. The Labute approximate surface area is 95.3 Å². The van der Waals surface area contributed by atoms with Gasteiger partial charge in [0, 0.05) is 13.5 Å². The van der Waals surface area contributed by atoms with Gasteiger partial charge in [-0.05, 0) is 11.1 Å². The number of aromatic nitrogens is 4. The Morgan fingerprint density at radius 1 is 1.50 bits per heavy atom. The number of hydrogen-bond donors (Lipinski definition) is 2. The summed E-state index contributed by atoms with van der Waals surface area (Å²) in [5.74, 6) is 6.55. The highest BCUT2D eigenvalue weighted by Gasteiger charge is 2.25. The Morgan fingerprint density at radius 2 is 2.19 bits per heavy atom. The van der Waals surface area contributed by atoms with Gasteiger partial charge in [0.2, 0.25) is 0 Å². The number of ether oxygens (including phenoxy) is 1. The fourth-order valence-electron chi connectivity index (χ4n) is 1.77. The normalized spacial score (nSPS) is 15.4. The molecule has 1 rings (SSSR count). The Kier molecular flexibility index (Phi) is 4.78. The van der Waals surface area contributed by atoms with Gasteiger partial charge in [0.05, 0.1) is 19.2 Å². The van der Waals surface area contributed by atoms with Gasteiger partial charge in [0.1, 0.15) is 0 Å². The molecule has 1 heterocycles. The lowest BCUT2D eigenvalue weighted by Gasteiger charge is -2.27. The zero-order valence-corrected chi connectivity index (χ0v) is 10.2. The number of nitrogens with two attached hydrogens (primary N) is 1. The first-order valence-electron chi connectivity index (χ1n) is 5.30. The third-order valence-corrected chi connectivity index (χ3v) is 2.49. The Morgan fingerprint density at radius 3 is 2.56 bits per heavy atom. The topological polar surface area (TPSA) is 90.9 Å². The van der Waals surface area contributed by atoms with Gasteiger partial charge in [-0.1, -0.05) is 13.8 Å². The van der Waals surface area contributed by atoms with E-state index in [1.807, 2.05) is 0 Å². The first-order chi connectivity index (χ1) is 7.58. The summed E-state index contributed by atoms with van der Waals surface area (Å²) in [4.78, 5) is 1.43. The van der Waals surface area contributed by atoms with Crippen LogP contribution in [0, 0.1) is 5.92 Å². The maximum absolute atomic E-state index is 5.53. The van der Waals surface area contributed by atoms with E-state index in [-0.39, 0.29) is 12.1 Å². The van der Waals surface area contributed by atoms with Crippen molar-refractivity contribution in [2.45, 2.75) is 32.4 Å². The third-order valence-electron chi connectivity index (χ3n) is 2.49. The zero-order chi connectivity index (χ0) is 12.1. The molecule has 3 N–H and O–H groups in total. The minimum absolute atomic E-state index is 0.0193. The first kappa shape index (κ1) is 13.0. The zero-order valence-electron chi connectivity index (χ0n) is 10.2. The number of methoxy groups -OCH3 is 1. The van der Waals surface area contributed by atoms with E-state index in [0.717, 1.165) is 0 Å². The Bertz CT molecular complexity index is 313. The van der Waals surface area contributed by atoms with Crippen LogP contribution in [-0.2, 0) is 18.2 Å². The molecule has 0 aliphatic rings. The second kappa shape index (κ2) is 5.88. The Balaban J connectivity index is 2.67. The lowest BCUT2D eigenvalue weighted by atomic mass is 9.97. The molecule has 92 valence electrons. The summed E-state index contributed by atoms with van der Waals surface area (Å²) in [6.07, 6.45) is 0.620. The average molecular weight is 228 g/mol. The van der Waals surface area contributed by atoms with E-state index < -0.39 is 0 Å². The lowest BCUT2D eigenvalue weighted by molar-refractivity contribution is 0.0326. The summed E-state index contributed by atoms with van der Waals surface area (Å²) in [5, 5.41) is 11.8. The van der Waals surface area contributed by atoms with Crippen molar-refractivity contribution in [3.63, 3.8) is 0 Å². The quantitative estimate of drug-likeness (QED) is 0.492. The molecular weight excluding hydrogens is 208 g/mol. The van der Waals surface area contributed by atoms with Gasteiger partial charge in [-0.2, -0.15) is 4.80 Å². The van der Waals surface area contributed by atoms with E-state index in [9.17, 15) is 0 Å². The summed E-state index contributed by atoms with van der Waals surface area (Å²) in [5.41, 5.74) is 2.75. The highest BCUT2D eigenvalue weighted by Crippen LogP contribution is 2.12. The van der Waals surface area contributed by atoms with Crippen LogP contribution in [0.1, 0.15) is 19.7 Å². The molecule has 0 fully saturated rings. The standard InChI is InChI=1S/C9H20N6O/c1-6(2)9(16-4)7(11-10)5-8-12-14-15(3)13-8/h6-7,9,11H,5,10H2,1-4H3. The molecule has 0 bridgehead atoms. The van der Waals surface area contributed by atoms with Crippen molar-refractivity contribution in [3.8, 4) is 0 Å². The average Bonchev–Trinajstić information content (AvgIpc) is 2.63. The van der Waals surface area contributed by atoms with Crippen LogP contribution in [0.5, 0.6) is 0 Å².